The van der Waals surface area contributed by atoms with E-state index in [9.17, 15) is 23.9 Å². The molecule has 0 aromatic heterocycles. The fraction of sp³-hybridized carbons (Fsp3) is 0.115. The van der Waals surface area contributed by atoms with E-state index in [1.807, 2.05) is 0 Å². The molecule has 9 heteroatoms. The molecule has 0 bridgehead atoms. The fourth-order valence-corrected chi connectivity index (χ4v) is 3.43. The molecule has 4 rings (SSSR count). The van der Waals surface area contributed by atoms with Crippen molar-refractivity contribution in [2.45, 2.75) is 13.5 Å². The number of benzene rings is 3. The molecule has 0 unspecified atom stereocenters. The van der Waals surface area contributed by atoms with E-state index in [-0.39, 0.29) is 29.4 Å². The zero-order valence-corrected chi connectivity index (χ0v) is 18.7. The Bertz CT molecular complexity index is 1320. The van der Waals surface area contributed by atoms with Crippen LogP contribution in [0.1, 0.15) is 18.1 Å². The largest absolute Gasteiger partial charge is 0.508 e. The molecule has 1 saturated heterocycles. The van der Waals surface area contributed by atoms with E-state index >= 15 is 0 Å². The van der Waals surface area contributed by atoms with Gasteiger partial charge in [0, 0.05) is 5.56 Å². The zero-order valence-electron chi connectivity index (χ0n) is 18.7. The van der Waals surface area contributed by atoms with Crippen molar-refractivity contribution in [2.24, 2.45) is 0 Å². The maximum atomic E-state index is 13.9. The van der Waals surface area contributed by atoms with Crippen molar-refractivity contribution in [3.63, 3.8) is 0 Å². The first-order valence-corrected chi connectivity index (χ1v) is 10.7. The van der Waals surface area contributed by atoms with Gasteiger partial charge in [-0.1, -0.05) is 24.3 Å². The number of nitrogens with one attached hydrogen (secondary N) is 1. The molecule has 35 heavy (non-hydrogen) atoms. The molecule has 0 radical (unpaired) electrons. The predicted octanol–water partition coefficient (Wildman–Crippen LogP) is 4.18. The Hall–Kier alpha value is -4.66. The number of imide groups is 2. The smallest absolute Gasteiger partial charge is 0.335 e. The zero-order chi connectivity index (χ0) is 24.9. The summed E-state index contributed by atoms with van der Waals surface area (Å²) in [6.45, 7) is 2.08. The fourth-order valence-electron chi connectivity index (χ4n) is 3.43. The SMILES string of the molecule is CCOc1cc(/C=C2\C(=O)NC(=O)N(c3ccc(O)cc3)C2=O)ccc1OCc1ccccc1F. The lowest BCUT2D eigenvalue weighted by atomic mass is 10.1. The van der Waals surface area contributed by atoms with Crippen molar-refractivity contribution in [3.05, 3.63) is 89.2 Å². The standard InChI is InChI=1S/C26H21FN2O6/c1-2-34-23-14-16(7-12-22(23)35-15-17-5-3-4-6-21(17)27)13-20-24(31)28-26(33)29(25(20)32)18-8-10-19(30)11-9-18/h3-14,30H,2,15H2,1H3,(H,28,31,33)/b20-13+. The number of amides is 4. The Kier molecular flexibility index (Phi) is 6.77. The molecule has 8 nitrogen and oxygen atoms in total. The number of barbiturate groups is 1. The lowest BCUT2D eigenvalue weighted by molar-refractivity contribution is -0.122. The highest BCUT2D eigenvalue weighted by atomic mass is 19.1. The van der Waals surface area contributed by atoms with E-state index in [1.54, 1.807) is 43.3 Å². The Morgan fingerprint density at radius 1 is 0.971 bits per heavy atom. The molecule has 0 saturated carbocycles. The molecule has 3 aromatic carbocycles. The van der Waals surface area contributed by atoms with Crippen molar-refractivity contribution in [2.75, 3.05) is 11.5 Å². The quantitative estimate of drug-likeness (QED) is 0.392. The number of aromatic hydroxyl groups is 1. The van der Waals surface area contributed by atoms with Crippen LogP contribution in [0.4, 0.5) is 14.9 Å². The Labute approximate surface area is 200 Å². The van der Waals surface area contributed by atoms with Gasteiger partial charge in [-0.3, -0.25) is 14.9 Å². The average Bonchev–Trinajstić information content (AvgIpc) is 2.83. The third-order valence-corrected chi connectivity index (χ3v) is 5.13. The number of urea groups is 1. The number of hydrogen-bond acceptors (Lipinski definition) is 6. The number of halogens is 1. The highest BCUT2D eigenvalue weighted by Crippen LogP contribution is 2.31. The van der Waals surface area contributed by atoms with Crippen LogP contribution in [0.25, 0.3) is 6.08 Å². The number of anilines is 1. The van der Waals surface area contributed by atoms with Crippen LogP contribution in [-0.2, 0) is 16.2 Å². The normalized spacial score (nSPS) is 14.7. The molecule has 4 amide bonds. The van der Waals surface area contributed by atoms with Crippen LogP contribution in [0, 0.1) is 5.82 Å². The number of phenolic OH excluding ortho intramolecular Hbond substituents is 1. The minimum atomic E-state index is -0.894. The first kappa shape index (κ1) is 23.5. The monoisotopic (exact) mass is 476 g/mol. The van der Waals surface area contributed by atoms with E-state index in [2.05, 4.69) is 5.32 Å². The molecule has 0 spiro atoms. The summed E-state index contributed by atoms with van der Waals surface area (Å²) in [4.78, 5) is 38.6. The van der Waals surface area contributed by atoms with Crippen molar-refractivity contribution < 1.29 is 33.4 Å². The van der Waals surface area contributed by atoms with Crippen LogP contribution in [0.3, 0.4) is 0 Å². The lowest BCUT2D eigenvalue weighted by Crippen LogP contribution is -2.54. The summed E-state index contributed by atoms with van der Waals surface area (Å²) < 4.78 is 25.3. The first-order valence-electron chi connectivity index (χ1n) is 10.7. The third-order valence-electron chi connectivity index (χ3n) is 5.13. The number of carbonyl (C=O) groups excluding carboxylic acids is 3. The van der Waals surface area contributed by atoms with Crippen molar-refractivity contribution in [1.29, 1.82) is 0 Å². The van der Waals surface area contributed by atoms with E-state index < -0.39 is 17.8 Å². The number of phenols is 1. The van der Waals surface area contributed by atoms with E-state index in [0.717, 1.165) is 4.90 Å². The molecule has 1 aliphatic heterocycles. The summed E-state index contributed by atoms with van der Waals surface area (Å²) in [6, 6.07) is 15.5. The molecule has 1 aliphatic rings. The van der Waals surface area contributed by atoms with Crippen molar-refractivity contribution >= 4 is 29.6 Å². The van der Waals surface area contributed by atoms with Crippen molar-refractivity contribution in [1.82, 2.24) is 5.32 Å². The highest BCUT2D eigenvalue weighted by molar-refractivity contribution is 6.39. The number of ether oxygens (including phenoxy) is 2. The van der Waals surface area contributed by atoms with Gasteiger partial charge in [-0.2, -0.15) is 0 Å². The Balaban J connectivity index is 1.61. The van der Waals surface area contributed by atoms with E-state index in [0.29, 0.717) is 29.2 Å². The van der Waals surface area contributed by atoms with Crippen LogP contribution in [-0.4, -0.2) is 29.6 Å². The highest BCUT2D eigenvalue weighted by Gasteiger charge is 2.36. The van der Waals surface area contributed by atoms with E-state index in [1.165, 1.54) is 36.4 Å². The molecule has 1 fully saturated rings. The number of rotatable bonds is 7. The molecular formula is C26H21FN2O6. The van der Waals surface area contributed by atoms with Gasteiger partial charge >= 0.3 is 6.03 Å². The van der Waals surface area contributed by atoms with Gasteiger partial charge in [0.2, 0.25) is 0 Å². The summed E-state index contributed by atoms with van der Waals surface area (Å²) in [5, 5.41) is 11.6. The van der Waals surface area contributed by atoms with Gasteiger partial charge in [-0.25, -0.2) is 14.1 Å². The Morgan fingerprint density at radius 2 is 1.71 bits per heavy atom. The van der Waals surface area contributed by atoms with Gasteiger partial charge in [0.1, 0.15) is 23.7 Å². The van der Waals surface area contributed by atoms with Gasteiger partial charge in [-0.15, -0.1) is 0 Å². The predicted molar refractivity (Wildman–Crippen MR) is 125 cm³/mol. The van der Waals surface area contributed by atoms with Gasteiger partial charge in [0.15, 0.2) is 11.5 Å². The number of nitrogens with zero attached hydrogens (tertiary/aromatic N) is 1. The molecule has 1 heterocycles. The summed E-state index contributed by atoms with van der Waals surface area (Å²) in [7, 11) is 0. The number of hydrogen-bond donors (Lipinski definition) is 2. The minimum absolute atomic E-state index is 0.0161. The van der Waals surface area contributed by atoms with Gasteiger partial charge in [0.05, 0.1) is 12.3 Å². The second-order valence-electron chi connectivity index (χ2n) is 7.49. The second kappa shape index (κ2) is 10.1. The van der Waals surface area contributed by atoms with E-state index in [4.69, 9.17) is 9.47 Å². The lowest BCUT2D eigenvalue weighted by Gasteiger charge is -2.26. The summed E-state index contributed by atoms with van der Waals surface area (Å²) >= 11 is 0. The van der Waals surface area contributed by atoms with Crippen molar-refractivity contribution in [3.8, 4) is 17.2 Å². The van der Waals surface area contributed by atoms with Gasteiger partial charge in [-0.05, 0) is 61.0 Å². The van der Waals surface area contributed by atoms with Gasteiger partial charge < -0.3 is 14.6 Å². The topological polar surface area (TPSA) is 105 Å². The molecular weight excluding hydrogens is 455 g/mol. The van der Waals surface area contributed by atoms with Crippen LogP contribution in [0.5, 0.6) is 17.2 Å². The van der Waals surface area contributed by atoms with Crippen LogP contribution in [0.15, 0.2) is 72.3 Å². The Morgan fingerprint density at radius 3 is 2.43 bits per heavy atom. The molecule has 0 aliphatic carbocycles. The van der Waals surface area contributed by atoms with Crippen LogP contribution in [0.2, 0.25) is 0 Å². The third kappa shape index (κ3) is 5.14. The van der Waals surface area contributed by atoms with Gasteiger partial charge in [0.25, 0.3) is 11.8 Å². The first-order chi connectivity index (χ1) is 16.9. The number of carbonyl (C=O) groups is 3. The molecule has 0 atom stereocenters. The molecule has 3 aromatic rings. The van der Waals surface area contributed by atoms with Crippen LogP contribution < -0.4 is 19.7 Å². The average molecular weight is 476 g/mol. The molecule has 178 valence electrons. The summed E-state index contributed by atoms with van der Waals surface area (Å²) in [5.74, 6) is -1.38. The maximum absolute atomic E-state index is 13.9. The van der Waals surface area contributed by atoms with Crippen LogP contribution >= 0.6 is 0 Å². The minimum Gasteiger partial charge on any atom is -0.508 e. The second-order valence-corrected chi connectivity index (χ2v) is 7.49. The maximum Gasteiger partial charge on any atom is 0.335 e. The summed E-state index contributed by atoms with van der Waals surface area (Å²) in [5.41, 5.74) is 0.755. The molecule has 2 N–H and O–H groups in total. The summed E-state index contributed by atoms with van der Waals surface area (Å²) in [6.07, 6.45) is 1.33.